The number of rotatable bonds is 4. The minimum atomic E-state index is -0.307. The molecule has 0 atom stereocenters. The van der Waals surface area contributed by atoms with Crippen molar-refractivity contribution in [1.82, 2.24) is 19.9 Å². The summed E-state index contributed by atoms with van der Waals surface area (Å²) in [5.74, 6) is 0. The van der Waals surface area contributed by atoms with Gasteiger partial charge in [0, 0.05) is 6.20 Å². The average Bonchev–Trinajstić information content (AvgIpc) is 3.25. The fourth-order valence-electron chi connectivity index (χ4n) is 3.41. The number of para-hydroxylation sites is 1. The lowest BCUT2D eigenvalue weighted by atomic mass is 9.89. The molecule has 4 heterocycles. The van der Waals surface area contributed by atoms with Crippen LogP contribution in [-0.2, 0) is 5.41 Å². The van der Waals surface area contributed by atoms with Gasteiger partial charge in [-0.2, -0.15) is 0 Å². The van der Waals surface area contributed by atoms with Gasteiger partial charge in [0.1, 0.15) is 5.01 Å². The van der Waals surface area contributed by atoms with E-state index in [4.69, 9.17) is 15.0 Å². The molecule has 30 heavy (non-hydrogen) atoms. The molecule has 4 nitrogen and oxygen atoms in total. The van der Waals surface area contributed by atoms with Crippen molar-refractivity contribution in [3.05, 3.63) is 95.8 Å². The Morgan fingerprint density at radius 3 is 2.07 bits per heavy atom. The number of fused-ring (bicyclic) bond motifs is 1. The van der Waals surface area contributed by atoms with Crippen molar-refractivity contribution in [3.8, 4) is 22.8 Å². The molecule has 0 saturated heterocycles. The van der Waals surface area contributed by atoms with Gasteiger partial charge in [0.05, 0.1) is 44.1 Å². The summed E-state index contributed by atoms with van der Waals surface area (Å²) >= 11 is 1.73. The minimum Gasteiger partial charge on any atom is -0.255 e. The molecule has 0 aliphatic carbocycles. The Morgan fingerprint density at radius 1 is 0.633 bits per heavy atom. The van der Waals surface area contributed by atoms with Crippen LogP contribution in [0.1, 0.15) is 24.5 Å². The van der Waals surface area contributed by atoms with Crippen molar-refractivity contribution in [2.75, 3.05) is 0 Å². The maximum Gasteiger partial charge on any atom is 0.105 e. The molecular formula is C25H20N4S. The number of pyridine rings is 3. The third-order valence-electron chi connectivity index (χ3n) is 5.16. The van der Waals surface area contributed by atoms with Crippen molar-refractivity contribution < 1.29 is 0 Å². The molecule has 146 valence electrons. The molecule has 0 fully saturated rings. The van der Waals surface area contributed by atoms with E-state index >= 15 is 0 Å². The summed E-state index contributed by atoms with van der Waals surface area (Å²) in [7, 11) is 0. The van der Waals surface area contributed by atoms with E-state index in [1.165, 1.54) is 4.70 Å². The molecule has 0 aliphatic heterocycles. The van der Waals surface area contributed by atoms with Crippen LogP contribution >= 0.6 is 11.3 Å². The topological polar surface area (TPSA) is 51.6 Å². The maximum atomic E-state index is 4.98. The quantitative estimate of drug-likeness (QED) is 0.358. The Balaban J connectivity index is 1.54. The number of thiazole rings is 1. The van der Waals surface area contributed by atoms with Gasteiger partial charge in [-0.05, 0) is 62.4 Å². The van der Waals surface area contributed by atoms with Crippen molar-refractivity contribution in [1.29, 1.82) is 0 Å². The molecule has 1 aromatic carbocycles. The first kappa shape index (κ1) is 18.6. The third kappa shape index (κ3) is 3.37. The first-order chi connectivity index (χ1) is 14.6. The summed E-state index contributed by atoms with van der Waals surface area (Å²) in [5, 5.41) is 1.06. The molecular weight excluding hydrogens is 388 g/mol. The van der Waals surface area contributed by atoms with Gasteiger partial charge in [-0.25, -0.2) is 9.97 Å². The average molecular weight is 409 g/mol. The van der Waals surface area contributed by atoms with E-state index in [0.29, 0.717) is 0 Å². The van der Waals surface area contributed by atoms with Gasteiger partial charge >= 0.3 is 0 Å². The van der Waals surface area contributed by atoms with Crippen LogP contribution in [0, 0.1) is 0 Å². The lowest BCUT2D eigenvalue weighted by molar-refractivity contribution is 0.614. The molecule has 0 bridgehead atoms. The Labute approximate surface area is 179 Å². The third-order valence-corrected chi connectivity index (χ3v) is 6.52. The van der Waals surface area contributed by atoms with Crippen LogP contribution < -0.4 is 0 Å². The van der Waals surface area contributed by atoms with Crippen molar-refractivity contribution in [2.45, 2.75) is 19.3 Å². The van der Waals surface area contributed by atoms with Crippen molar-refractivity contribution in [3.63, 3.8) is 0 Å². The first-order valence-electron chi connectivity index (χ1n) is 9.84. The monoisotopic (exact) mass is 408 g/mol. The minimum absolute atomic E-state index is 0.307. The predicted molar refractivity (Wildman–Crippen MR) is 122 cm³/mol. The Kier molecular flexibility index (Phi) is 4.60. The zero-order chi connectivity index (χ0) is 20.6. The van der Waals surface area contributed by atoms with Gasteiger partial charge in [0.15, 0.2) is 0 Å². The zero-order valence-electron chi connectivity index (χ0n) is 16.8. The molecule has 5 aromatic rings. The summed E-state index contributed by atoms with van der Waals surface area (Å²) in [6.07, 6.45) is 1.78. The summed E-state index contributed by atoms with van der Waals surface area (Å²) in [4.78, 5) is 19.1. The van der Waals surface area contributed by atoms with Gasteiger partial charge in [-0.3, -0.25) is 9.97 Å². The number of nitrogens with zero attached hydrogens (tertiary/aromatic N) is 4. The fourth-order valence-corrected chi connectivity index (χ4v) is 4.49. The maximum absolute atomic E-state index is 4.98. The van der Waals surface area contributed by atoms with Crippen LogP contribution in [0.25, 0.3) is 33.0 Å². The molecule has 0 aliphatic rings. The SMILES string of the molecule is CC(C)(c1cccc(-c2cccc(-c3ccccn3)n2)n1)c1nc2ccccc2s1. The van der Waals surface area contributed by atoms with Crippen LogP contribution in [0.2, 0.25) is 0 Å². The van der Waals surface area contributed by atoms with Crippen LogP contribution in [0.3, 0.4) is 0 Å². The van der Waals surface area contributed by atoms with E-state index in [9.17, 15) is 0 Å². The highest BCUT2D eigenvalue weighted by molar-refractivity contribution is 7.18. The Morgan fingerprint density at radius 2 is 1.30 bits per heavy atom. The van der Waals surface area contributed by atoms with E-state index < -0.39 is 0 Å². The second-order valence-electron chi connectivity index (χ2n) is 7.64. The van der Waals surface area contributed by atoms with Gasteiger partial charge in [-0.1, -0.05) is 30.3 Å². The Bertz CT molecular complexity index is 1290. The molecule has 5 rings (SSSR count). The molecule has 0 saturated carbocycles. The normalized spacial score (nSPS) is 11.7. The summed E-state index contributed by atoms with van der Waals surface area (Å²) in [6, 6.07) is 26.2. The summed E-state index contributed by atoms with van der Waals surface area (Å²) < 4.78 is 1.20. The molecule has 0 amide bonds. The number of aromatic nitrogens is 4. The Hall–Kier alpha value is -3.44. The largest absolute Gasteiger partial charge is 0.255 e. The highest BCUT2D eigenvalue weighted by Crippen LogP contribution is 2.36. The zero-order valence-corrected chi connectivity index (χ0v) is 17.6. The van der Waals surface area contributed by atoms with Crippen LogP contribution in [0.4, 0.5) is 0 Å². The second-order valence-corrected chi connectivity index (χ2v) is 8.67. The number of hydrogen-bond donors (Lipinski definition) is 0. The molecule has 0 N–H and O–H groups in total. The number of hydrogen-bond acceptors (Lipinski definition) is 5. The molecule has 0 spiro atoms. The molecule has 4 aromatic heterocycles. The predicted octanol–water partition coefficient (Wildman–Crippen LogP) is 6.14. The van der Waals surface area contributed by atoms with E-state index in [0.717, 1.165) is 39.0 Å². The van der Waals surface area contributed by atoms with Gasteiger partial charge in [0.25, 0.3) is 0 Å². The highest BCUT2D eigenvalue weighted by atomic mass is 32.1. The van der Waals surface area contributed by atoms with Gasteiger partial charge < -0.3 is 0 Å². The summed E-state index contributed by atoms with van der Waals surface area (Å²) in [6.45, 7) is 4.35. The number of benzene rings is 1. The van der Waals surface area contributed by atoms with E-state index in [2.05, 4.69) is 43.1 Å². The molecule has 0 radical (unpaired) electrons. The first-order valence-corrected chi connectivity index (χ1v) is 10.7. The lowest BCUT2D eigenvalue weighted by Crippen LogP contribution is -2.20. The van der Waals surface area contributed by atoms with E-state index in [-0.39, 0.29) is 5.41 Å². The fraction of sp³-hybridized carbons (Fsp3) is 0.120. The summed E-state index contributed by atoms with van der Waals surface area (Å²) in [5.41, 5.74) is 5.07. The van der Waals surface area contributed by atoms with Gasteiger partial charge in [-0.15, -0.1) is 11.3 Å². The standard InChI is InChI=1S/C25H20N4S/c1-25(2,24-29-21-10-3-4-14-22(21)30-24)23-15-8-13-20(28-23)19-12-7-11-18(27-19)17-9-5-6-16-26-17/h3-16H,1-2H3. The second kappa shape index (κ2) is 7.43. The van der Waals surface area contributed by atoms with E-state index in [1.54, 1.807) is 17.5 Å². The van der Waals surface area contributed by atoms with E-state index in [1.807, 2.05) is 54.6 Å². The van der Waals surface area contributed by atoms with Crippen LogP contribution in [-0.4, -0.2) is 19.9 Å². The van der Waals surface area contributed by atoms with Crippen molar-refractivity contribution >= 4 is 21.6 Å². The van der Waals surface area contributed by atoms with Crippen molar-refractivity contribution in [2.24, 2.45) is 0 Å². The molecule has 5 heteroatoms. The van der Waals surface area contributed by atoms with Crippen LogP contribution in [0.15, 0.2) is 85.1 Å². The van der Waals surface area contributed by atoms with Crippen LogP contribution in [0.5, 0.6) is 0 Å². The smallest absolute Gasteiger partial charge is 0.105 e. The van der Waals surface area contributed by atoms with Gasteiger partial charge in [0.2, 0.25) is 0 Å². The molecule has 0 unspecified atom stereocenters. The highest BCUT2D eigenvalue weighted by Gasteiger charge is 2.29. The lowest BCUT2D eigenvalue weighted by Gasteiger charge is -2.22.